The largest absolute Gasteiger partial charge is 0.471 e. The van der Waals surface area contributed by atoms with Crippen molar-refractivity contribution in [1.29, 1.82) is 0 Å². The van der Waals surface area contributed by atoms with Crippen LogP contribution in [0.25, 0.3) is 10.6 Å². The molecule has 0 saturated heterocycles. The molecule has 12 heteroatoms. The second kappa shape index (κ2) is 12.7. The molecule has 1 aromatic carbocycles. The molecule has 1 aliphatic heterocycles. The van der Waals surface area contributed by atoms with Gasteiger partial charge < -0.3 is 25.2 Å². The van der Waals surface area contributed by atoms with Crippen LogP contribution in [0.3, 0.4) is 0 Å². The van der Waals surface area contributed by atoms with Gasteiger partial charge in [-0.1, -0.05) is 0 Å². The van der Waals surface area contributed by atoms with E-state index in [0.717, 1.165) is 26.2 Å². The van der Waals surface area contributed by atoms with E-state index in [-0.39, 0.29) is 31.2 Å². The Morgan fingerprint density at radius 2 is 2.07 bits per heavy atom. The number of hydrogen-bond acceptors (Lipinski definition) is 8. The molecule has 2 aliphatic rings. The fourth-order valence-electron chi connectivity index (χ4n) is 5.67. The Balaban J connectivity index is 1.35. The lowest BCUT2D eigenvalue weighted by atomic mass is 9.73. The summed E-state index contributed by atoms with van der Waals surface area (Å²) in [6, 6.07) is 5.19. The van der Waals surface area contributed by atoms with Crippen LogP contribution < -0.4 is 15.4 Å². The van der Waals surface area contributed by atoms with Crippen LogP contribution in [0.15, 0.2) is 42.0 Å². The van der Waals surface area contributed by atoms with Gasteiger partial charge >= 0.3 is 0 Å². The first kappa shape index (κ1) is 30.4. The zero-order valence-electron chi connectivity index (χ0n) is 23.5. The minimum atomic E-state index is -2.89. The number of ether oxygens (including phenoxy) is 2. The number of alkyl halides is 2. The molecule has 3 heterocycles. The molecule has 1 aliphatic carbocycles. The molecule has 3 atom stereocenters. The molecule has 1 unspecified atom stereocenters. The van der Waals surface area contributed by atoms with Gasteiger partial charge in [-0.15, -0.1) is 11.3 Å². The number of nitrogens with one attached hydrogen (secondary N) is 2. The maximum atomic E-state index is 14.6. The molecular weight excluding hydrogens is 569 g/mol. The van der Waals surface area contributed by atoms with Gasteiger partial charge in [-0.2, -0.15) is 0 Å². The number of carbonyl (C=O) groups excluding carboxylic acids is 1. The SMILES string of the molecule is COCC(=O)NC(Cc1cc(F)cc(-c2nccs2)c1)[C@H](O)CN[C@H]1CC2(CCC2)Oc2ncc(CC(C)(F)F)cc21. The van der Waals surface area contributed by atoms with Gasteiger partial charge in [-0.05, 0) is 68.0 Å². The number of halogens is 3. The van der Waals surface area contributed by atoms with E-state index in [1.165, 1.54) is 36.8 Å². The summed E-state index contributed by atoms with van der Waals surface area (Å²) >= 11 is 1.38. The molecule has 0 radical (unpaired) electrons. The van der Waals surface area contributed by atoms with E-state index in [1.54, 1.807) is 23.7 Å². The van der Waals surface area contributed by atoms with E-state index >= 15 is 0 Å². The van der Waals surface area contributed by atoms with Crippen molar-refractivity contribution in [3.63, 3.8) is 0 Å². The van der Waals surface area contributed by atoms with Crippen LogP contribution in [0.1, 0.15) is 55.3 Å². The van der Waals surface area contributed by atoms with Crippen molar-refractivity contribution in [1.82, 2.24) is 20.6 Å². The number of rotatable bonds is 12. The quantitative estimate of drug-likeness (QED) is 0.277. The summed E-state index contributed by atoms with van der Waals surface area (Å²) in [5.74, 6) is -3.34. The molecule has 1 fully saturated rings. The van der Waals surface area contributed by atoms with Crippen molar-refractivity contribution in [3.8, 4) is 16.5 Å². The first-order valence-electron chi connectivity index (χ1n) is 14.0. The van der Waals surface area contributed by atoms with Crippen LogP contribution in [-0.4, -0.2) is 64.9 Å². The topological polar surface area (TPSA) is 106 Å². The number of aromatic nitrogens is 2. The van der Waals surface area contributed by atoms with E-state index < -0.39 is 36.2 Å². The van der Waals surface area contributed by atoms with Gasteiger partial charge in [0.1, 0.15) is 23.0 Å². The summed E-state index contributed by atoms with van der Waals surface area (Å²) in [4.78, 5) is 21.1. The van der Waals surface area contributed by atoms with E-state index in [1.807, 2.05) is 0 Å². The molecule has 1 saturated carbocycles. The Kier molecular flexibility index (Phi) is 9.17. The highest BCUT2D eigenvalue weighted by molar-refractivity contribution is 7.13. The number of fused-ring (bicyclic) bond motifs is 1. The molecule has 2 aromatic heterocycles. The van der Waals surface area contributed by atoms with Crippen LogP contribution in [0.5, 0.6) is 5.88 Å². The number of hydrogen-bond donors (Lipinski definition) is 3. The van der Waals surface area contributed by atoms with Gasteiger partial charge in [0.2, 0.25) is 17.7 Å². The zero-order chi connectivity index (χ0) is 29.9. The molecule has 8 nitrogen and oxygen atoms in total. The summed E-state index contributed by atoms with van der Waals surface area (Å²) < 4.78 is 53.3. The minimum absolute atomic E-state index is 0.0704. The number of aliphatic hydroxyl groups excluding tert-OH is 1. The summed E-state index contributed by atoms with van der Waals surface area (Å²) in [5.41, 5.74) is 1.88. The third-order valence-corrected chi connectivity index (χ3v) is 8.55. The van der Waals surface area contributed by atoms with Gasteiger partial charge in [-0.3, -0.25) is 4.79 Å². The normalized spacial score (nSPS) is 19.0. The van der Waals surface area contributed by atoms with Crippen LogP contribution in [0.4, 0.5) is 13.2 Å². The number of carbonyl (C=O) groups is 1. The third kappa shape index (κ3) is 7.47. The van der Waals surface area contributed by atoms with E-state index in [9.17, 15) is 23.1 Å². The Labute approximate surface area is 246 Å². The smallest absolute Gasteiger partial charge is 0.249 e. The van der Waals surface area contributed by atoms with Crippen LogP contribution in [0, 0.1) is 5.82 Å². The third-order valence-electron chi connectivity index (χ3n) is 7.73. The van der Waals surface area contributed by atoms with Crippen molar-refractivity contribution >= 4 is 17.2 Å². The highest BCUT2D eigenvalue weighted by Crippen LogP contribution is 2.48. The molecule has 3 aromatic rings. The van der Waals surface area contributed by atoms with Gasteiger partial charge in [0.25, 0.3) is 0 Å². The predicted molar refractivity (Wildman–Crippen MR) is 152 cm³/mol. The average molecular weight is 605 g/mol. The number of pyridine rings is 1. The highest BCUT2D eigenvalue weighted by Gasteiger charge is 2.46. The second-order valence-electron chi connectivity index (χ2n) is 11.4. The Hall–Kier alpha value is -3.06. The average Bonchev–Trinajstić information content (AvgIpc) is 3.44. The van der Waals surface area contributed by atoms with Gasteiger partial charge in [-0.25, -0.2) is 23.1 Å². The standard InChI is InChI=1S/C30H35F3N4O4S/c1-29(32,33)13-19-10-22-24(14-30(4-3-5-30)41-27(22)36-15-19)35-16-25(38)23(37-26(39)17-40-2)11-18-8-20(12-21(31)9-18)28-34-6-7-42-28/h6-10,12,15,23-25,35,38H,3-5,11,13-14,16-17H2,1-2H3,(H,37,39)/t23?,24-,25+/m0/s1. The van der Waals surface area contributed by atoms with Crippen LogP contribution >= 0.6 is 11.3 Å². The predicted octanol–water partition coefficient (Wildman–Crippen LogP) is 4.61. The lowest BCUT2D eigenvalue weighted by molar-refractivity contribution is -0.126. The van der Waals surface area contributed by atoms with Gasteiger partial charge in [0, 0.05) is 61.4 Å². The maximum Gasteiger partial charge on any atom is 0.249 e. The van der Waals surface area contributed by atoms with Crippen LogP contribution in [0.2, 0.25) is 0 Å². The van der Waals surface area contributed by atoms with Gasteiger partial charge in [0.05, 0.1) is 12.1 Å². The van der Waals surface area contributed by atoms with Crippen molar-refractivity contribution in [2.45, 2.75) is 75.2 Å². The van der Waals surface area contributed by atoms with Crippen molar-refractivity contribution in [2.75, 3.05) is 20.3 Å². The van der Waals surface area contributed by atoms with E-state index in [0.29, 0.717) is 39.6 Å². The monoisotopic (exact) mass is 604 g/mol. The zero-order valence-corrected chi connectivity index (χ0v) is 24.4. The van der Waals surface area contributed by atoms with E-state index in [2.05, 4.69) is 20.6 Å². The fourth-order valence-corrected chi connectivity index (χ4v) is 6.30. The number of amides is 1. The summed E-state index contributed by atoms with van der Waals surface area (Å²) in [5, 5.41) is 20.0. The number of aliphatic hydroxyl groups is 1. The molecular formula is C30H35F3N4O4S. The number of nitrogens with zero attached hydrogens (tertiary/aromatic N) is 2. The summed E-state index contributed by atoms with van der Waals surface area (Å²) in [7, 11) is 1.40. The van der Waals surface area contributed by atoms with Crippen molar-refractivity contribution < 1.29 is 32.5 Å². The molecule has 0 bridgehead atoms. The second-order valence-corrected chi connectivity index (χ2v) is 12.2. The highest BCUT2D eigenvalue weighted by atomic mass is 32.1. The Bertz CT molecular complexity index is 1380. The lowest BCUT2D eigenvalue weighted by Crippen LogP contribution is -2.52. The first-order valence-corrected chi connectivity index (χ1v) is 14.9. The molecule has 1 spiro atoms. The maximum absolute atomic E-state index is 14.6. The fraction of sp³-hybridized carbons (Fsp3) is 0.500. The molecule has 226 valence electrons. The minimum Gasteiger partial charge on any atom is -0.471 e. The lowest BCUT2D eigenvalue weighted by Gasteiger charge is -2.47. The van der Waals surface area contributed by atoms with E-state index in [4.69, 9.17) is 9.47 Å². The summed E-state index contributed by atoms with van der Waals surface area (Å²) in [6.45, 7) is 0.742. The van der Waals surface area contributed by atoms with Crippen molar-refractivity contribution in [3.05, 3.63) is 64.5 Å². The molecule has 5 rings (SSSR count). The molecule has 3 N–H and O–H groups in total. The van der Waals surface area contributed by atoms with Gasteiger partial charge in [0.15, 0.2) is 0 Å². The number of benzene rings is 1. The number of methoxy groups -OCH3 is 1. The molecule has 42 heavy (non-hydrogen) atoms. The Morgan fingerprint density at radius 3 is 2.74 bits per heavy atom. The first-order chi connectivity index (χ1) is 20.0. The molecule has 1 amide bonds. The van der Waals surface area contributed by atoms with Crippen molar-refractivity contribution in [2.24, 2.45) is 0 Å². The Morgan fingerprint density at radius 1 is 1.26 bits per heavy atom. The number of thiazole rings is 1. The summed E-state index contributed by atoms with van der Waals surface area (Å²) in [6.07, 6.45) is 5.05. The van der Waals surface area contributed by atoms with Crippen LogP contribution in [-0.2, 0) is 22.4 Å².